The summed E-state index contributed by atoms with van der Waals surface area (Å²) in [6.45, 7) is 7.57. The number of amides is 2. The fourth-order valence-corrected chi connectivity index (χ4v) is 6.64. The van der Waals surface area contributed by atoms with Crippen molar-refractivity contribution < 1.29 is 14.0 Å². The van der Waals surface area contributed by atoms with Crippen LogP contribution in [0.1, 0.15) is 69.8 Å². The molecule has 1 atom stereocenters. The second-order valence-corrected chi connectivity index (χ2v) is 11.5. The van der Waals surface area contributed by atoms with Gasteiger partial charge in [-0.25, -0.2) is 4.39 Å². The second-order valence-electron chi connectivity index (χ2n) is 11.5. The van der Waals surface area contributed by atoms with Crippen molar-refractivity contribution in [1.82, 2.24) is 10.2 Å². The second kappa shape index (κ2) is 8.66. The van der Waals surface area contributed by atoms with E-state index >= 15 is 4.39 Å². The first-order valence-electron chi connectivity index (χ1n) is 12.6. The molecular formula is C26H37FN4O2. The average molecular weight is 457 g/mol. The quantitative estimate of drug-likeness (QED) is 0.681. The molecule has 180 valence electrons. The van der Waals surface area contributed by atoms with Crippen LogP contribution in [0.3, 0.4) is 0 Å². The van der Waals surface area contributed by atoms with Gasteiger partial charge in [0.1, 0.15) is 5.82 Å². The zero-order valence-electron chi connectivity index (χ0n) is 19.7. The fraction of sp³-hybridized carbons (Fsp3) is 0.692. The molecule has 0 bridgehead atoms. The number of hydrogen-bond acceptors (Lipinski definition) is 5. The Labute approximate surface area is 196 Å². The smallest absolute Gasteiger partial charge is 0.234 e. The number of benzene rings is 1. The molecule has 1 aromatic rings. The summed E-state index contributed by atoms with van der Waals surface area (Å²) in [7, 11) is 0. The largest absolute Gasteiger partial charge is 0.369 e. The van der Waals surface area contributed by atoms with E-state index in [2.05, 4.69) is 22.0 Å². The van der Waals surface area contributed by atoms with Gasteiger partial charge in [-0.05, 0) is 86.6 Å². The third-order valence-corrected chi connectivity index (χ3v) is 8.84. The third-order valence-electron chi connectivity index (χ3n) is 8.84. The van der Waals surface area contributed by atoms with E-state index in [0.717, 1.165) is 32.5 Å². The van der Waals surface area contributed by atoms with E-state index in [1.165, 1.54) is 44.8 Å². The van der Waals surface area contributed by atoms with Crippen LogP contribution in [0.25, 0.3) is 0 Å². The van der Waals surface area contributed by atoms with Crippen LogP contribution in [-0.4, -0.2) is 55.5 Å². The molecule has 1 aromatic carbocycles. The van der Waals surface area contributed by atoms with Crippen LogP contribution < -0.4 is 16.0 Å². The number of halogens is 1. The molecule has 3 N–H and O–H groups in total. The molecule has 6 nitrogen and oxygen atoms in total. The summed E-state index contributed by atoms with van der Waals surface area (Å²) < 4.78 is 15.0. The highest BCUT2D eigenvalue weighted by molar-refractivity contribution is 6.00. The lowest BCUT2D eigenvalue weighted by atomic mass is 9.60. The van der Waals surface area contributed by atoms with E-state index in [9.17, 15) is 9.59 Å². The minimum absolute atomic E-state index is 0.249. The van der Waals surface area contributed by atoms with Crippen molar-refractivity contribution in [1.29, 1.82) is 0 Å². The maximum atomic E-state index is 15.0. The molecule has 1 spiro atoms. The number of carbonyl (C=O) groups is 2. The van der Waals surface area contributed by atoms with Gasteiger partial charge < -0.3 is 15.5 Å². The fourth-order valence-electron chi connectivity index (χ4n) is 6.64. The first-order chi connectivity index (χ1) is 15.7. The zero-order chi connectivity index (χ0) is 23.2. The molecule has 3 heterocycles. The zero-order valence-corrected chi connectivity index (χ0v) is 19.7. The third kappa shape index (κ3) is 4.67. The highest BCUT2D eigenvalue weighted by Crippen LogP contribution is 2.48. The molecule has 33 heavy (non-hydrogen) atoms. The number of likely N-dealkylation sites (tertiary alicyclic amines) is 1. The van der Waals surface area contributed by atoms with E-state index in [0.29, 0.717) is 35.5 Å². The summed E-state index contributed by atoms with van der Waals surface area (Å²) in [6, 6.07) is 5.57. The van der Waals surface area contributed by atoms with Crippen molar-refractivity contribution in [2.24, 2.45) is 16.6 Å². The standard InChI is InChI=1S/C26H37FN4O2/c1-25(17-30-10-8-26(9-11-30)15-19(28)16-26)6-12-31(13-7-25)22-4-2-18(14-21(22)27)20-3-5-23(32)29-24(20)33/h2,4,14,19-20H,3,5-13,15-17,28H2,1H3,(H,29,32,33). The Kier molecular flexibility index (Phi) is 5.98. The predicted octanol–water partition coefficient (Wildman–Crippen LogP) is 3.16. The molecule has 4 aliphatic rings. The Bertz CT molecular complexity index is 911. The van der Waals surface area contributed by atoms with Gasteiger partial charge in [0, 0.05) is 32.1 Å². The number of piperidine rings is 3. The molecule has 1 saturated carbocycles. The Hall–Kier alpha value is -1.99. The highest BCUT2D eigenvalue weighted by Gasteiger charge is 2.45. The molecule has 1 aliphatic carbocycles. The average Bonchev–Trinajstić information content (AvgIpc) is 2.75. The number of carbonyl (C=O) groups excluding carboxylic acids is 2. The first kappa shape index (κ1) is 22.8. The number of nitrogens with zero attached hydrogens (tertiary/aromatic N) is 2. The SMILES string of the molecule is CC1(CN2CCC3(CC2)CC(N)C3)CCN(c2ccc(C3CCC(=O)NC3=O)cc2F)CC1. The van der Waals surface area contributed by atoms with Gasteiger partial charge in [0.15, 0.2) is 0 Å². The lowest BCUT2D eigenvalue weighted by Crippen LogP contribution is -2.54. The van der Waals surface area contributed by atoms with E-state index in [-0.39, 0.29) is 23.0 Å². The van der Waals surface area contributed by atoms with E-state index < -0.39 is 5.92 Å². The minimum Gasteiger partial charge on any atom is -0.369 e. The van der Waals surface area contributed by atoms with Crippen LogP contribution in [0.5, 0.6) is 0 Å². The number of hydrogen-bond donors (Lipinski definition) is 2. The van der Waals surface area contributed by atoms with Crippen LogP contribution in [0.15, 0.2) is 18.2 Å². The molecule has 1 unspecified atom stereocenters. The summed E-state index contributed by atoms with van der Waals surface area (Å²) in [4.78, 5) is 28.3. The van der Waals surface area contributed by atoms with Gasteiger partial charge in [-0.3, -0.25) is 14.9 Å². The number of nitrogens with one attached hydrogen (secondary N) is 1. The van der Waals surface area contributed by atoms with Gasteiger partial charge in [0.25, 0.3) is 0 Å². The van der Waals surface area contributed by atoms with Gasteiger partial charge in [0.2, 0.25) is 11.8 Å². The molecule has 3 saturated heterocycles. The van der Waals surface area contributed by atoms with Crippen LogP contribution in [-0.2, 0) is 9.59 Å². The molecule has 0 radical (unpaired) electrons. The van der Waals surface area contributed by atoms with E-state index in [1.807, 2.05) is 12.1 Å². The van der Waals surface area contributed by atoms with Crippen LogP contribution >= 0.6 is 0 Å². The molecular weight excluding hydrogens is 419 g/mol. The van der Waals surface area contributed by atoms with Gasteiger partial charge in [-0.15, -0.1) is 0 Å². The van der Waals surface area contributed by atoms with Crippen molar-refractivity contribution in [3.63, 3.8) is 0 Å². The lowest BCUT2D eigenvalue weighted by Gasteiger charge is -2.52. The summed E-state index contributed by atoms with van der Waals surface area (Å²) in [5.41, 5.74) is 8.12. The molecule has 0 aromatic heterocycles. The summed E-state index contributed by atoms with van der Waals surface area (Å²) >= 11 is 0. The maximum absolute atomic E-state index is 15.0. The lowest BCUT2D eigenvalue weighted by molar-refractivity contribution is -0.134. The van der Waals surface area contributed by atoms with Crippen molar-refractivity contribution in [3.05, 3.63) is 29.6 Å². The molecule has 3 aliphatic heterocycles. The summed E-state index contributed by atoms with van der Waals surface area (Å²) in [5, 5.41) is 2.36. The van der Waals surface area contributed by atoms with Crippen LogP contribution in [0, 0.1) is 16.6 Å². The Morgan fingerprint density at radius 2 is 1.79 bits per heavy atom. The van der Waals surface area contributed by atoms with Crippen molar-refractivity contribution in [3.8, 4) is 0 Å². The van der Waals surface area contributed by atoms with Gasteiger partial charge in [-0.2, -0.15) is 0 Å². The Balaban J connectivity index is 1.15. The van der Waals surface area contributed by atoms with Crippen LogP contribution in [0.4, 0.5) is 10.1 Å². The monoisotopic (exact) mass is 456 g/mol. The van der Waals surface area contributed by atoms with Crippen molar-refractivity contribution in [2.75, 3.05) is 37.6 Å². The number of imide groups is 1. The maximum Gasteiger partial charge on any atom is 0.234 e. The Morgan fingerprint density at radius 3 is 2.39 bits per heavy atom. The highest BCUT2D eigenvalue weighted by atomic mass is 19.1. The first-order valence-corrected chi connectivity index (χ1v) is 12.6. The molecule has 4 fully saturated rings. The molecule has 5 rings (SSSR count). The molecule has 7 heteroatoms. The predicted molar refractivity (Wildman–Crippen MR) is 126 cm³/mol. The topological polar surface area (TPSA) is 78.7 Å². The van der Waals surface area contributed by atoms with Crippen LogP contribution in [0.2, 0.25) is 0 Å². The van der Waals surface area contributed by atoms with Gasteiger partial charge in [-0.1, -0.05) is 13.0 Å². The van der Waals surface area contributed by atoms with E-state index in [4.69, 9.17) is 5.73 Å². The van der Waals surface area contributed by atoms with Crippen molar-refractivity contribution >= 4 is 17.5 Å². The normalized spacial score (nSPS) is 28.0. The molecule has 2 amide bonds. The number of nitrogens with two attached hydrogens (primary N) is 1. The Morgan fingerprint density at radius 1 is 1.09 bits per heavy atom. The van der Waals surface area contributed by atoms with Crippen molar-refractivity contribution in [2.45, 2.75) is 70.3 Å². The number of rotatable bonds is 4. The number of anilines is 1. The minimum atomic E-state index is -0.449. The van der Waals surface area contributed by atoms with E-state index in [1.54, 1.807) is 0 Å². The summed E-state index contributed by atoms with van der Waals surface area (Å²) in [6.07, 6.45) is 7.83. The van der Waals surface area contributed by atoms with Gasteiger partial charge in [0.05, 0.1) is 11.6 Å². The summed E-state index contributed by atoms with van der Waals surface area (Å²) in [5.74, 6) is -1.30. The van der Waals surface area contributed by atoms with Gasteiger partial charge >= 0.3 is 0 Å².